The van der Waals surface area contributed by atoms with Gasteiger partial charge in [-0.2, -0.15) is 0 Å². The Morgan fingerprint density at radius 3 is 2.33 bits per heavy atom. The molecule has 0 saturated carbocycles. The van der Waals surface area contributed by atoms with Crippen molar-refractivity contribution in [1.82, 2.24) is 10.2 Å². The fourth-order valence-corrected chi connectivity index (χ4v) is 5.84. The van der Waals surface area contributed by atoms with Crippen LogP contribution in [0, 0.1) is 11.6 Å². The number of nitrogens with one attached hydrogen (secondary N) is 1. The van der Waals surface area contributed by atoms with E-state index in [9.17, 15) is 17.6 Å². The third kappa shape index (κ3) is 7.63. The van der Waals surface area contributed by atoms with Gasteiger partial charge >= 0.3 is 6.03 Å². The van der Waals surface area contributed by atoms with E-state index in [0.717, 1.165) is 22.5 Å². The molecule has 40 heavy (non-hydrogen) atoms. The summed E-state index contributed by atoms with van der Waals surface area (Å²) in [6.45, 7) is 9.92. The zero-order valence-electron chi connectivity index (χ0n) is 23.1. The first-order chi connectivity index (χ1) is 18.7. The molecule has 1 N–H and O–H groups in total. The Hall–Kier alpha value is -3.37. The Morgan fingerprint density at radius 2 is 1.70 bits per heavy atom. The molecule has 7 nitrogen and oxygen atoms in total. The topological polar surface area (TPSA) is 79.0 Å². The summed E-state index contributed by atoms with van der Waals surface area (Å²) in [7, 11) is -4.39. The number of anilines is 1. The molecule has 0 radical (unpaired) electrons. The van der Waals surface area contributed by atoms with Gasteiger partial charge in [0.05, 0.1) is 23.2 Å². The molecule has 3 aromatic carbocycles. The second-order valence-corrected chi connectivity index (χ2v) is 12.4. The zero-order valence-corrected chi connectivity index (χ0v) is 24.7. The molecule has 2 amide bonds. The van der Waals surface area contributed by atoms with Gasteiger partial charge in [-0.1, -0.05) is 29.8 Å². The van der Waals surface area contributed by atoms with Crippen molar-refractivity contribution in [2.45, 2.75) is 51.1 Å². The normalized spacial score (nSPS) is 12.5. The smallest absolute Gasteiger partial charge is 0.317 e. The third-order valence-corrected chi connectivity index (χ3v) is 8.16. The standard InChI is InChI=1S/C29H34ClF2N3O4S/c1-6-34(28(36)33-29(3,4)5)17-18-39-27-10-8-7-9-24(27)20(2)35(26-19-22(31)13-16-25(26)32)40(37,38)23-14-11-21(30)12-15-23/h7-16,19-20H,6,17-18H2,1-5H3,(H,33,36). The molecule has 216 valence electrons. The Morgan fingerprint density at radius 1 is 1.05 bits per heavy atom. The van der Waals surface area contributed by atoms with Gasteiger partial charge in [0.15, 0.2) is 0 Å². The monoisotopic (exact) mass is 593 g/mol. The van der Waals surface area contributed by atoms with Crippen molar-refractivity contribution in [3.8, 4) is 5.75 Å². The van der Waals surface area contributed by atoms with Crippen molar-refractivity contribution in [3.05, 3.63) is 89.0 Å². The fraction of sp³-hybridized carbons (Fsp3) is 0.345. The van der Waals surface area contributed by atoms with Gasteiger partial charge in [0.1, 0.15) is 24.0 Å². The van der Waals surface area contributed by atoms with Crippen molar-refractivity contribution in [1.29, 1.82) is 0 Å². The number of rotatable bonds is 10. The van der Waals surface area contributed by atoms with E-state index in [4.69, 9.17) is 16.3 Å². The van der Waals surface area contributed by atoms with Crippen LogP contribution >= 0.6 is 11.6 Å². The molecule has 1 atom stereocenters. The van der Waals surface area contributed by atoms with Crippen LogP contribution < -0.4 is 14.4 Å². The fourth-order valence-electron chi connectivity index (χ4n) is 4.07. The number of carbonyl (C=O) groups excluding carboxylic acids is 1. The van der Waals surface area contributed by atoms with E-state index in [1.165, 1.54) is 24.3 Å². The molecule has 0 heterocycles. The van der Waals surface area contributed by atoms with Crippen LogP contribution in [0.3, 0.4) is 0 Å². The van der Waals surface area contributed by atoms with Crippen LogP contribution in [0.25, 0.3) is 0 Å². The quantitative estimate of drug-likeness (QED) is 0.281. The Balaban J connectivity index is 1.96. The summed E-state index contributed by atoms with van der Waals surface area (Å²) >= 11 is 5.95. The molecule has 0 aliphatic rings. The summed E-state index contributed by atoms with van der Waals surface area (Å²) in [5.41, 5.74) is -0.433. The van der Waals surface area contributed by atoms with Gasteiger partial charge < -0.3 is 15.0 Å². The summed E-state index contributed by atoms with van der Waals surface area (Å²) in [5, 5.41) is 3.24. The molecule has 1 unspecified atom stereocenters. The highest BCUT2D eigenvalue weighted by atomic mass is 35.5. The highest BCUT2D eigenvalue weighted by Gasteiger charge is 2.34. The SMILES string of the molecule is CCN(CCOc1ccccc1C(C)N(c1cc(F)ccc1F)S(=O)(=O)c1ccc(Cl)cc1)C(=O)NC(C)(C)C. The number of para-hydroxylation sites is 1. The molecule has 11 heteroatoms. The van der Waals surface area contributed by atoms with Gasteiger partial charge in [0.2, 0.25) is 0 Å². The third-order valence-electron chi connectivity index (χ3n) is 6.01. The maximum Gasteiger partial charge on any atom is 0.317 e. The first-order valence-corrected chi connectivity index (χ1v) is 14.6. The lowest BCUT2D eigenvalue weighted by molar-refractivity contribution is 0.177. The van der Waals surface area contributed by atoms with E-state index in [1.54, 1.807) is 36.1 Å². The second-order valence-electron chi connectivity index (χ2n) is 10.2. The molecular formula is C29H34ClF2N3O4S. The Labute approximate surface area is 239 Å². The van der Waals surface area contributed by atoms with Crippen molar-refractivity contribution in [2.75, 3.05) is 24.0 Å². The largest absolute Gasteiger partial charge is 0.491 e. The number of hydrogen-bond acceptors (Lipinski definition) is 4. The summed E-state index contributed by atoms with van der Waals surface area (Å²) in [6.07, 6.45) is 0. The molecule has 0 spiro atoms. The number of likely N-dealkylation sites (N-methyl/N-ethyl adjacent to an activating group) is 1. The van der Waals surface area contributed by atoms with E-state index >= 15 is 4.39 Å². The average Bonchev–Trinajstić information content (AvgIpc) is 2.88. The second kappa shape index (κ2) is 12.9. The van der Waals surface area contributed by atoms with Crippen LogP contribution in [0.2, 0.25) is 5.02 Å². The maximum absolute atomic E-state index is 15.1. The van der Waals surface area contributed by atoms with Crippen molar-refractivity contribution in [3.63, 3.8) is 0 Å². The van der Waals surface area contributed by atoms with Crippen molar-refractivity contribution >= 4 is 33.3 Å². The number of nitrogens with zero attached hydrogens (tertiary/aromatic N) is 2. The van der Waals surface area contributed by atoms with Crippen LogP contribution in [0.4, 0.5) is 19.3 Å². The summed E-state index contributed by atoms with van der Waals surface area (Å²) in [4.78, 5) is 14.0. The minimum Gasteiger partial charge on any atom is -0.491 e. The number of ether oxygens (including phenoxy) is 1. The zero-order chi connectivity index (χ0) is 29.7. The molecule has 3 aromatic rings. The van der Waals surface area contributed by atoms with Crippen LogP contribution in [-0.4, -0.2) is 44.6 Å². The van der Waals surface area contributed by atoms with Crippen molar-refractivity contribution in [2.24, 2.45) is 0 Å². The predicted octanol–water partition coefficient (Wildman–Crippen LogP) is 6.78. The number of benzene rings is 3. The van der Waals surface area contributed by atoms with Gasteiger partial charge in [-0.3, -0.25) is 4.31 Å². The lowest BCUT2D eigenvalue weighted by atomic mass is 10.1. The first kappa shape index (κ1) is 31.2. The van der Waals surface area contributed by atoms with Crippen LogP contribution in [0.5, 0.6) is 5.75 Å². The van der Waals surface area contributed by atoms with E-state index < -0.39 is 38.9 Å². The molecular weight excluding hydrogens is 560 g/mol. The van der Waals surface area contributed by atoms with Gasteiger partial charge in [-0.25, -0.2) is 22.0 Å². The number of urea groups is 1. The van der Waals surface area contributed by atoms with Crippen LogP contribution in [-0.2, 0) is 10.0 Å². The molecule has 0 fully saturated rings. The van der Waals surface area contributed by atoms with E-state index in [-0.39, 0.29) is 24.1 Å². The predicted molar refractivity (Wildman–Crippen MR) is 153 cm³/mol. The van der Waals surface area contributed by atoms with E-state index in [2.05, 4.69) is 5.32 Å². The molecule has 0 saturated heterocycles. The lowest BCUT2D eigenvalue weighted by Gasteiger charge is -2.32. The van der Waals surface area contributed by atoms with Gasteiger partial charge in [-0.15, -0.1) is 0 Å². The van der Waals surface area contributed by atoms with Gasteiger partial charge in [0, 0.05) is 28.7 Å². The van der Waals surface area contributed by atoms with Crippen molar-refractivity contribution < 1.29 is 26.7 Å². The molecule has 0 aliphatic carbocycles. The first-order valence-electron chi connectivity index (χ1n) is 12.8. The molecule has 0 bridgehead atoms. The summed E-state index contributed by atoms with van der Waals surface area (Å²) < 4.78 is 63.9. The van der Waals surface area contributed by atoms with E-state index in [0.29, 0.717) is 22.9 Å². The highest BCUT2D eigenvalue weighted by Crippen LogP contribution is 2.38. The average molecular weight is 594 g/mol. The number of sulfonamides is 1. The minimum absolute atomic E-state index is 0.118. The lowest BCUT2D eigenvalue weighted by Crippen LogP contribution is -2.49. The number of hydrogen-bond donors (Lipinski definition) is 1. The van der Waals surface area contributed by atoms with Crippen LogP contribution in [0.1, 0.15) is 46.2 Å². The number of carbonyl (C=O) groups is 1. The Kier molecular flexibility index (Phi) is 10.0. The van der Waals surface area contributed by atoms with E-state index in [1.807, 2.05) is 27.7 Å². The van der Waals surface area contributed by atoms with Gasteiger partial charge in [-0.05, 0) is 77.1 Å². The molecule has 0 aromatic heterocycles. The molecule has 3 rings (SSSR count). The van der Waals surface area contributed by atoms with Crippen LogP contribution in [0.15, 0.2) is 71.6 Å². The Bertz CT molecular complexity index is 1430. The summed E-state index contributed by atoms with van der Waals surface area (Å²) in [5.74, 6) is -1.36. The molecule has 0 aliphatic heterocycles. The van der Waals surface area contributed by atoms with Gasteiger partial charge in [0.25, 0.3) is 10.0 Å². The minimum atomic E-state index is -4.39. The highest BCUT2D eigenvalue weighted by molar-refractivity contribution is 7.92. The number of halogens is 3. The summed E-state index contributed by atoms with van der Waals surface area (Å²) in [6, 6.07) is 13.6. The number of amides is 2. The maximum atomic E-state index is 15.1.